The highest BCUT2D eigenvalue weighted by molar-refractivity contribution is 6.04. The first-order valence-corrected chi connectivity index (χ1v) is 11.5. The van der Waals surface area contributed by atoms with Crippen LogP contribution in [0.3, 0.4) is 0 Å². The van der Waals surface area contributed by atoms with Crippen molar-refractivity contribution in [2.75, 3.05) is 56.8 Å². The van der Waals surface area contributed by atoms with Crippen molar-refractivity contribution in [2.45, 2.75) is 20.3 Å². The third-order valence-electron chi connectivity index (χ3n) is 5.19. The Balaban J connectivity index is 1.75. The molecule has 3 rings (SSSR count). The molecule has 1 saturated heterocycles. The van der Waals surface area contributed by atoms with Crippen LogP contribution in [0, 0.1) is 0 Å². The second-order valence-corrected chi connectivity index (χ2v) is 7.63. The summed E-state index contributed by atoms with van der Waals surface area (Å²) in [4.78, 5) is 27.4. The molecule has 0 unspecified atom stereocenters. The van der Waals surface area contributed by atoms with Gasteiger partial charge in [0.25, 0.3) is 0 Å². The van der Waals surface area contributed by atoms with Gasteiger partial charge in [-0.15, -0.1) is 0 Å². The molecule has 2 aromatic carbocycles. The van der Waals surface area contributed by atoms with Crippen molar-refractivity contribution >= 4 is 29.3 Å². The number of ether oxygens (including phenoxy) is 4. The van der Waals surface area contributed by atoms with Crippen molar-refractivity contribution in [1.29, 1.82) is 0 Å². The molecule has 1 aliphatic heterocycles. The van der Waals surface area contributed by atoms with E-state index in [2.05, 4.69) is 10.2 Å². The quantitative estimate of drug-likeness (QED) is 0.414. The predicted molar refractivity (Wildman–Crippen MR) is 132 cm³/mol. The summed E-state index contributed by atoms with van der Waals surface area (Å²) in [5.41, 5.74) is 2.51. The van der Waals surface area contributed by atoms with E-state index in [1.165, 1.54) is 6.08 Å². The summed E-state index contributed by atoms with van der Waals surface area (Å²) in [5, 5.41) is 2.82. The first-order valence-electron chi connectivity index (χ1n) is 11.5. The summed E-state index contributed by atoms with van der Waals surface area (Å²) in [6.45, 7) is 7.30. The van der Waals surface area contributed by atoms with Gasteiger partial charge in [0.1, 0.15) is 0 Å². The minimum atomic E-state index is -0.406. The molecular weight excluding hydrogens is 436 g/mol. The molecular formula is C26H32N2O6. The average molecular weight is 469 g/mol. The number of benzene rings is 2. The predicted octanol–water partition coefficient (Wildman–Crippen LogP) is 4.15. The summed E-state index contributed by atoms with van der Waals surface area (Å²) in [5.74, 6) is 0.518. The zero-order valence-electron chi connectivity index (χ0n) is 20.0. The van der Waals surface area contributed by atoms with Gasteiger partial charge in [0.15, 0.2) is 11.5 Å². The number of hydrogen-bond donors (Lipinski definition) is 1. The Kier molecular flexibility index (Phi) is 9.34. The number of esters is 1. The van der Waals surface area contributed by atoms with Gasteiger partial charge in [-0.1, -0.05) is 13.0 Å². The van der Waals surface area contributed by atoms with E-state index in [1.807, 2.05) is 26.0 Å². The SMILES string of the molecule is CCCOC(=O)c1cc(NC(=O)/C=C/c2ccc(OCC)c(OC)c2)ccc1N1CCOCC1. The summed E-state index contributed by atoms with van der Waals surface area (Å²) in [7, 11) is 1.57. The van der Waals surface area contributed by atoms with Crippen LogP contribution in [0.1, 0.15) is 36.2 Å². The maximum atomic E-state index is 12.7. The standard InChI is InChI=1S/C26H32N2O6/c1-4-14-34-26(30)21-18-20(8-9-22(21)28-12-15-32-16-13-28)27-25(29)11-7-19-6-10-23(33-5-2)24(17-19)31-3/h6-11,17-18H,4-5,12-16H2,1-3H3,(H,27,29)/b11-7+. The lowest BCUT2D eigenvalue weighted by Crippen LogP contribution is -2.37. The largest absolute Gasteiger partial charge is 0.493 e. The van der Waals surface area contributed by atoms with Crippen LogP contribution in [0.25, 0.3) is 6.08 Å². The van der Waals surface area contributed by atoms with E-state index >= 15 is 0 Å². The van der Waals surface area contributed by atoms with Gasteiger partial charge in [0.05, 0.1) is 44.8 Å². The fourth-order valence-electron chi connectivity index (χ4n) is 3.55. The molecule has 1 heterocycles. The summed E-state index contributed by atoms with van der Waals surface area (Å²) >= 11 is 0. The van der Waals surface area contributed by atoms with Gasteiger partial charge in [0.2, 0.25) is 5.91 Å². The third-order valence-corrected chi connectivity index (χ3v) is 5.19. The fourth-order valence-corrected chi connectivity index (χ4v) is 3.55. The van der Waals surface area contributed by atoms with Gasteiger partial charge in [0, 0.05) is 24.9 Å². The molecule has 1 amide bonds. The van der Waals surface area contributed by atoms with Crippen LogP contribution in [0.2, 0.25) is 0 Å². The first kappa shape index (κ1) is 25.1. The van der Waals surface area contributed by atoms with Crippen LogP contribution >= 0.6 is 0 Å². The number of rotatable bonds is 10. The summed E-state index contributed by atoms with van der Waals surface area (Å²) in [6, 6.07) is 10.7. The van der Waals surface area contributed by atoms with Crippen LogP contribution in [-0.2, 0) is 14.3 Å². The Morgan fingerprint density at radius 2 is 1.88 bits per heavy atom. The molecule has 0 atom stereocenters. The number of methoxy groups -OCH3 is 1. The highest BCUT2D eigenvalue weighted by atomic mass is 16.5. The highest BCUT2D eigenvalue weighted by Crippen LogP contribution is 2.29. The Labute approximate surface area is 200 Å². The second-order valence-electron chi connectivity index (χ2n) is 7.63. The molecule has 0 radical (unpaired) electrons. The molecule has 0 spiro atoms. The van der Waals surface area contributed by atoms with Crippen molar-refractivity contribution in [3.05, 3.63) is 53.6 Å². The van der Waals surface area contributed by atoms with Crippen molar-refractivity contribution in [3.8, 4) is 11.5 Å². The molecule has 1 fully saturated rings. The van der Waals surface area contributed by atoms with E-state index in [-0.39, 0.29) is 5.91 Å². The van der Waals surface area contributed by atoms with Crippen LogP contribution in [0.5, 0.6) is 11.5 Å². The van der Waals surface area contributed by atoms with Gasteiger partial charge in [-0.3, -0.25) is 4.79 Å². The van der Waals surface area contributed by atoms with Gasteiger partial charge in [-0.25, -0.2) is 4.79 Å². The topological polar surface area (TPSA) is 86.3 Å². The molecule has 34 heavy (non-hydrogen) atoms. The number of carbonyl (C=O) groups is 2. The van der Waals surface area contributed by atoms with Crippen molar-refractivity contribution < 1.29 is 28.5 Å². The molecule has 1 aliphatic rings. The lowest BCUT2D eigenvalue weighted by atomic mass is 10.1. The van der Waals surface area contributed by atoms with Crippen LogP contribution in [-0.4, -0.2) is 58.5 Å². The molecule has 2 aromatic rings. The average Bonchev–Trinajstić information content (AvgIpc) is 2.87. The number of nitrogens with one attached hydrogen (secondary N) is 1. The lowest BCUT2D eigenvalue weighted by Gasteiger charge is -2.30. The van der Waals surface area contributed by atoms with Gasteiger partial charge in [-0.2, -0.15) is 0 Å². The monoisotopic (exact) mass is 468 g/mol. The molecule has 0 aliphatic carbocycles. The zero-order valence-corrected chi connectivity index (χ0v) is 20.0. The normalized spacial score (nSPS) is 13.6. The van der Waals surface area contributed by atoms with Crippen molar-refractivity contribution in [2.24, 2.45) is 0 Å². The smallest absolute Gasteiger partial charge is 0.340 e. The number of hydrogen-bond acceptors (Lipinski definition) is 7. The zero-order chi connectivity index (χ0) is 24.3. The lowest BCUT2D eigenvalue weighted by molar-refractivity contribution is -0.111. The molecule has 1 N–H and O–H groups in total. The molecule has 182 valence electrons. The van der Waals surface area contributed by atoms with Crippen molar-refractivity contribution in [1.82, 2.24) is 0 Å². The fraction of sp³-hybridized carbons (Fsp3) is 0.385. The van der Waals surface area contributed by atoms with Gasteiger partial charge < -0.3 is 29.2 Å². The van der Waals surface area contributed by atoms with Gasteiger partial charge >= 0.3 is 5.97 Å². The molecule has 0 saturated carbocycles. The van der Waals surface area contributed by atoms with Crippen molar-refractivity contribution in [3.63, 3.8) is 0 Å². The Morgan fingerprint density at radius 1 is 1.09 bits per heavy atom. The summed E-state index contributed by atoms with van der Waals surface area (Å²) < 4.78 is 21.7. The van der Waals surface area contributed by atoms with Crippen LogP contribution < -0.4 is 19.7 Å². The molecule has 8 heteroatoms. The Hall–Kier alpha value is -3.52. The molecule has 0 bridgehead atoms. The first-order chi connectivity index (χ1) is 16.5. The highest BCUT2D eigenvalue weighted by Gasteiger charge is 2.20. The number of morpholine rings is 1. The number of nitrogens with zero attached hydrogens (tertiary/aromatic N) is 1. The van der Waals surface area contributed by atoms with Gasteiger partial charge in [-0.05, 0) is 55.3 Å². The van der Waals surface area contributed by atoms with E-state index in [0.29, 0.717) is 62.3 Å². The number of anilines is 2. The van der Waals surface area contributed by atoms with E-state index < -0.39 is 5.97 Å². The maximum Gasteiger partial charge on any atom is 0.340 e. The van der Waals surface area contributed by atoms with Crippen LogP contribution in [0.4, 0.5) is 11.4 Å². The Bertz CT molecular complexity index is 1010. The van der Waals surface area contributed by atoms with E-state index in [4.69, 9.17) is 18.9 Å². The molecule has 0 aromatic heterocycles. The summed E-state index contributed by atoms with van der Waals surface area (Å²) in [6.07, 6.45) is 3.85. The number of carbonyl (C=O) groups excluding carboxylic acids is 2. The Morgan fingerprint density at radius 3 is 2.59 bits per heavy atom. The second kappa shape index (κ2) is 12.6. The van der Waals surface area contributed by atoms with Crippen LogP contribution in [0.15, 0.2) is 42.5 Å². The van der Waals surface area contributed by atoms with E-state index in [0.717, 1.165) is 17.7 Å². The number of amides is 1. The third kappa shape index (κ3) is 6.74. The van der Waals surface area contributed by atoms with E-state index in [9.17, 15) is 9.59 Å². The minimum Gasteiger partial charge on any atom is -0.493 e. The minimum absolute atomic E-state index is 0.320. The van der Waals surface area contributed by atoms with E-state index in [1.54, 1.807) is 37.5 Å². The maximum absolute atomic E-state index is 12.7. The molecule has 8 nitrogen and oxygen atoms in total.